The summed E-state index contributed by atoms with van der Waals surface area (Å²) < 4.78 is 5.54. The van der Waals surface area contributed by atoms with E-state index in [1.54, 1.807) is 0 Å². The van der Waals surface area contributed by atoms with Crippen LogP contribution in [0.1, 0.15) is 30.5 Å². The molecule has 0 aromatic heterocycles. The topological polar surface area (TPSA) is 41.5 Å². The Morgan fingerprint density at radius 1 is 1.50 bits per heavy atom. The molecule has 2 unspecified atom stereocenters. The molecule has 0 spiro atoms. The molecule has 2 N–H and O–H groups in total. The number of hydrogen-bond acceptors (Lipinski definition) is 3. The highest BCUT2D eigenvalue weighted by atomic mass is 16.5. The number of fused-ring (bicyclic) bond motifs is 1. The summed E-state index contributed by atoms with van der Waals surface area (Å²) in [6.07, 6.45) is 0.533. The molecule has 0 fully saturated rings. The lowest BCUT2D eigenvalue weighted by Gasteiger charge is -2.26. The number of hydrogen-bond donors (Lipinski definition) is 2. The zero-order valence-electron chi connectivity index (χ0n) is 9.65. The lowest BCUT2D eigenvalue weighted by molar-refractivity contribution is 0.0804. The van der Waals surface area contributed by atoms with Crippen molar-refractivity contribution in [2.24, 2.45) is 0 Å². The van der Waals surface area contributed by atoms with Gasteiger partial charge in [0.05, 0.1) is 25.4 Å². The monoisotopic (exact) mass is 221 g/mol. The van der Waals surface area contributed by atoms with Crippen molar-refractivity contribution in [1.29, 1.82) is 0 Å². The van der Waals surface area contributed by atoms with Gasteiger partial charge in [-0.05, 0) is 31.0 Å². The van der Waals surface area contributed by atoms with Crippen LogP contribution < -0.4 is 5.32 Å². The minimum atomic E-state index is -0.243. The molecular weight excluding hydrogens is 202 g/mol. The molecule has 0 radical (unpaired) electrons. The fraction of sp³-hybridized carbons (Fsp3) is 0.538. The summed E-state index contributed by atoms with van der Waals surface area (Å²) in [4.78, 5) is 0. The first-order valence-corrected chi connectivity index (χ1v) is 5.84. The highest BCUT2D eigenvalue weighted by Crippen LogP contribution is 2.24. The molecule has 16 heavy (non-hydrogen) atoms. The van der Waals surface area contributed by atoms with E-state index >= 15 is 0 Å². The summed E-state index contributed by atoms with van der Waals surface area (Å²) in [5, 5.41) is 12.6. The third-order valence-corrected chi connectivity index (χ3v) is 2.93. The van der Waals surface area contributed by atoms with Gasteiger partial charge in [0.1, 0.15) is 0 Å². The van der Waals surface area contributed by atoms with Crippen LogP contribution in [-0.4, -0.2) is 24.4 Å². The lowest BCUT2D eigenvalue weighted by atomic mass is 9.99. The van der Waals surface area contributed by atoms with Gasteiger partial charge in [-0.1, -0.05) is 24.3 Å². The first-order chi connectivity index (χ1) is 7.77. The molecular formula is C13H19NO2. The Balaban J connectivity index is 1.96. The van der Waals surface area contributed by atoms with Gasteiger partial charge in [-0.15, -0.1) is 0 Å². The summed E-state index contributed by atoms with van der Waals surface area (Å²) in [6.45, 7) is 4.06. The molecule has 3 nitrogen and oxygen atoms in total. The van der Waals surface area contributed by atoms with Crippen molar-refractivity contribution in [3.8, 4) is 0 Å². The minimum absolute atomic E-state index is 0.243. The number of nitrogens with one attached hydrogen (secondary N) is 1. The van der Waals surface area contributed by atoms with Gasteiger partial charge in [0.15, 0.2) is 0 Å². The molecule has 88 valence electrons. The molecule has 0 bridgehead atoms. The van der Waals surface area contributed by atoms with Crippen LogP contribution >= 0.6 is 0 Å². The van der Waals surface area contributed by atoms with Crippen molar-refractivity contribution < 1.29 is 9.84 Å². The number of aliphatic hydroxyl groups excluding tert-OH is 1. The number of aliphatic hydroxyl groups is 1. The normalized spacial score (nSPS) is 21.5. The van der Waals surface area contributed by atoms with Gasteiger partial charge >= 0.3 is 0 Å². The van der Waals surface area contributed by atoms with Crippen molar-refractivity contribution in [3.05, 3.63) is 35.4 Å². The first-order valence-electron chi connectivity index (χ1n) is 5.84. The van der Waals surface area contributed by atoms with Crippen LogP contribution in [0.4, 0.5) is 0 Å². The predicted molar refractivity (Wildman–Crippen MR) is 63.1 cm³/mol. The minimum Gasteiger partial charge on any atom is -0.393 e. The molecule has 2 atom stereocenters. The zero-order valence-corrected chi connectivity index (χ0v) is 9.65. The Bertz CT molecular complexity index is 338. The summed E-state index contributed by atoms with van der Waals surface area (Å²) in [6, 6.07) is 8.63. The van der Waals surface area contributed by atoms with E-state index in [1.165, 1.54) is 11.1 Å². The van der Waals surface area contributed by atoms with Crippen LogP contribution in [0.25, 0.3) is 0 Å². The van der Waals surface area contributed by atoms with E-state index in [9.17, 15) is 5.11 Å². The van der Waals surface area contributed by atoms with Crippen LogP contribution in [0.2, 0.25) is 0 Å². The van der Waals surface area contributed by atoms with Crippen LogP contribution in [0.3, 0.4) is 0 Å². The Hall–Kier alpha value is -0.900. The highest BCUT2D eigenvalue weighted by molar-refractivity contribution is 5.30. The van der Waals surface area contributed by atoms with E-state index in [0.29, 0.717) is 6.61 Å². The maximum Gasteiger partial charge on any atom is 0.0721 e. The van der Waals surface area contributed by atoms with Crippen LogP contribution in [0.15, 0.2) is 24.3 Å². The molecule has 0 saturated heterocycles. The molecule has 0 aliphatic carbocycles. The van der Waals surface area contributed by atoms with Gasteiger partial charge in [0.2, 0.25) is 0 Å². The molecule has 3 heteroatoms. The zero-order chi connectivity index (χ0) is 11.4. The van der Waals surface area contributed by atoms with Gasteiger partial charge in [0.25, 0.3) is 0 Å². The second kappa shape index (κ2) is 5.43. The number of rotatable bonds is 4. The SMILES string of the molecule is CC(O)CCNC1COCc2ccccc21. The summed E-state index contributed by atoms with van der Waals surface area (Å²) in [7, 11) is 0. The third-order valence-electron chi connectivity index (χ3n) is 2.93. The Morgan fingerprint density at radius 2 is 2.31 bits per heavy atom. The molecule has 2 rings (SSSR count). The fourth-order valence-electron chi connectivity index (χ4n) is 2.02. The number of benzene rings is 1. The first kappa shape index (κ1) is 11.6. The van der Waals surface area contributed by atoms with Crippen LogP contribution in [0.5, 0.6) is 0 Å². The molecule has 1 aliphatic rings. The van der Waals surface area contributed by atoms with Gasteiger partial charge < -0.3 is 15.2 Å². The summed E-state index contributed by atoms with van der Waals surface area (Å²) in [5.74, 6) is 0. The van der Waals surface area contributed by atoms with E-state index in [4.69, 9.17) is 4.74 Å². The van der Waals surface area contributed by atoms with Crippen molar-refractivity contribution in [2.75, 3.05) is 13.2 Å². The van der Waals surface area contributed by atoms with Gasteiger partial charge in [0, 0.05) is 0 Å². The van der Waals surface area contributed by atoms with Crippen molar-refractivity contribution in [3.63, 3.8) is 0 Å². The van der Waals surface area contributed by atoms with Crippen molar-refractivity contribution >= 4 is 0 Å². The van der Waals surface area contributed by atoms with E-state index in [1.807, 2.05) is 13.0 Å². The van der Waals surface area contributed by atoms with E-state index < -0.39 is 0 Å². The van der Waals surface area contributed by atoms with E-state index in [2.05, 4.69) is 23.5 Å². The smallest absolute Gasteiger partial charge is 0.0721 e. The van der Waals surface area contributed by atoms with Crippen molar-refractivity contribution in [1.82, 2.24) is 5.32 Å². The molecule has 1 aromatic carbocycles. The number of ether oxygens (including phenoxy) is 1. The molecule has 1 heterocycles. The Kier molecular flexibility index (Phi) is 3.93. The standard InChI is InChI=1S/C13H19NO2/c1-10(15)6-7-14-13-9-16-8-11-4-2-3-5-12(11)13/h2-5,10,13-15H,6-9H2,1H3. The average molecular weight is 221 g/mol. The van der Waals surface area contributed by atoms with Gasteiger partial charge in [-0.2, -0.15) is 0 Å². The summed E-state index contributed by atoms with van der Waals surface area (Å²) in [5.41, 5.74) is 2.60. The molecule has 0 amide bonds. The van der Waals surface area contributed by atoms with Crippen molar-refractivity contribution in [2.45, 2.75) is 32.1 Å². The average Bonchev–Trinajstić information content (AvgIpc) is 2.29. The second-order valence-electron chi connectivity index (χ2n) is 4.36. The Labute approximate surface area is 96.4 Å². The highest BCUT2D eigenvalue weighted by Gasteiger charge is 2.19. The molecule has 1 aromatic rings. The van der Waals surface area contributed by atoms with Crippen LogP contribution in [0, 0.1) is 0 Å². The fourth-order valence-corrected chi connectivity index (χ4v) is 2.02. The quantitative estimate of drug-likeness (QED) is 0.811. The van der Waals surface area contributed by atoms with Gasteiger partial charge in [-0.3, -0.25) is 0 Å². The molecule has 0 saturated carbocycles. The third kappa shape index (κ3) is 2.82. The van der Waals surface area contributed by atoms with E-state index in [0.717, 1.165) is 19.6 Å². The largest absolute Gasteiger partial charge is 0.393 e. The van der Waals surface area contributed by atoms with Crippen LogP contribution in [-0.2, 0) is 11.3 Å². The Morgan fingerprint density at radius 3 is 3.12 bits per heavy atom. The molecule has 1 aliphatic heterocycles. The maximum absolute atomic E-state index is 9.21. The lowest BCUT2D eigenvalue weighted by Crippen LogP contribution is -2.31. The maximum atomic E-state index is 9.21. The second-order valence-corrected chi connectivity index (χ2v) is 4.36. The van der Waals surface area contributed by atoms with Gasteiger partial charge in [-0.25, -0.2) is 0 Å². The van der Waals surface area contributed by atoms with E-state index in [-0.39, 0.29) is 12.1 Å². The predicted octanol–water partition coefficient (Wildman–Crippen LogP) is 1.62. The summed E-state index contributed by atoms with van der Waals surface area (Å²) >= 11 is 0.